The number of carbonyl (C=O) groups excluding carboxylic acids is 1. The molecule has 0 fully saturated rings. The molecule has 3 rings (SSSR count). The maximum Gasteiger partial charge on any atom is 0.220 e. The third-order valence-electron chi connectivity index (χ3n) is 4.29. The third kappa shape index (κ3) is 4.83. The van der Waals surface area contributed by atoms with Crippen molar-refractivity contribution in [3.63, 3.8) is 0 Å². The van der Waals surface area contributed by atoms with Gasteiger partial charge < -0.3 is 9.73 Å². The van der Waals surface area contributed by atoms with Crippen molar-refractivity contribution in [2.24, 2.45) is 0 Å². The quantitative estimate of drug-likeness (QED) is 0.675. The van der Waals surface area contributed by atoms with Crippen LogP contribution in [-0.4, -0.2) is 12.5 Å². The first-order valence-electron chi connectivity index (χ1n) is 8.68. The van der Waals surface area contributed by atoms with Crippen LogP contribution in [0.2, 0.25) is 0 Å². The molecule has 0 radical (unpaired) electrons. The molecular formula is C22H23NO2. The number of benzene rings is 2. The molecule has 1 heterocycles. The molecule has 0 bridgehead atoms. The smallest absolute Gasteiger partial charge is 0.220 e. The van der Waals surface area contributed by atoms with Gasteiger partial charge >= 0.3 is 0 Å². The molecule has 3 aromatic rings. The number of aryl methyl sites for hydroxylation is 1. The lowest BCUT2D eigenvalue weighted by Gasteiger charge is -2.12. The van der Waals surface area contributed by atoms with Crippen molar-refractivity contribution >= 4 is 5.91 Å². The van der Waals surface area contributed by atoms with Crippen LogP contribution in [0.3, 0.4) is 0 Å². The van der Waals surface area contributed by atoms with E-state index >= 15 is 0 Å². The van der Waals surface area contributed by atoms with Gasteiger partial charge in [0.15, 0.2) is 0 Å². The van der Waals surface area contributed by atoms with Gasteiger partial charge in [-0.05, 0) is 23.6 Å². The minimum absolute atomic E-state index is 0.0560. The maximum atomic E-state index is 12.1. The summed E-state index contributed by atoms with van der Waals surface area (Å²) in [6, 6.07) is 24.1. The summed E-state index contributed by atoms with van der Waals surface area (Å²) < 4.78 is 5.84. The van der Waals surface area contributed by atoms with Crippen LogP contribution in [0, 0.1) is 0 Å². The van der Waals surface area contributed by atoms with E-state index in [0.717, 1.165) is 17.1 Å². The molecule has 3 heteroatoms. The summed E-state index contributed by atoms with van der Waals surface area (Å²) in [5.41, 5.74) is 2.29. The lowest BCUT2D eigenvalue weighted by Crippen LogP contribution is -2.27. The van der Waals surface area contributed by atoms with Gasteiger partial charge in [0.1, 0.15) is 11.5 Å². The van der Waals surface area contributed by atoms with E-state index in [9.17, 15) is 4.79 Å². The van der Waals surface area contributed by atoms with Gasteiger partial charge in [-0.3, -0.25) is 4.79 Å². The van der Waals surface area contributed by atoms with Gasteiger partial charge in [-0.2, -0.15) is 0 Å². The largest absolute Gasteiger partial charge is 0.461 e. The van der Waals surface area contributed by atoms with E-state index in [1.54, 1.807) is 0 Å². The Kier molecular flexibility index (Phi) is 5.68. The van der Waals surface area contributed by atoms with Crippen molar-refractivity contribution in [2.75, 3.05) is 6.54 Å². The molecule has 0 saturated carbocycles. The lowest BCUT2D eigenvalue weighted by molar-refractivity contribution is -0.121. The minimum Gasteiger partial charge on any atom is -0.461 e. The second kappa shape index (κ2) is 8.34. The molecule has 0 saturated heterocycles. The second-order valence-corrected chi connectivity index (χ2v) is 6.25. The zero-order valence-electron chi connectivity index (χ0n) is 14.4. The van der Waals surface area contributed by atoms with E-state index in [0.29, 0.717) is 25.3 Å². The number of nitrogens with one attached hydrogen (secondary N) is 1. The van der Waals surface area contributed by atoms with E-state index in [1.807, 2.05) is 60.7 Å². The average molecular weight is 333 g/mol. The number of rotatable bonds is 7. The highest BCUT2D eigenvalue weighted by atomic mass is 16.3. The van der Waals surface area contributed by atoms with Crippen LogP contribution in [-0.2, 0) is 11.2 Å². The molecule has 0 aliphatic heterocycles. The first-order chi connectivity index (χ1) is 12.2. The Morgan fingerprint density at radius 3 is 2.36 bits per heavy atom. The van der Waals surface area contributed by atoms with Gasteiger partial charge in [0.25, 0.3) is 0 Å². The first-order valence-corrected chi connectivity index (χ1v) is 8.68. The van der Waals surface area contributed by atoms with Crippen LogP contribution in [0.1, 0.15) is 30.6 Å². The van der Waals surface area contributed by atoms with Crippen molar-refractivity contribution in [3.8, 4) is 11.3 Å². The third-order valence-corrected chi connectivity index (χ3v) is 4.29. The first kappa shape index (κ1) is 17.0. The van der Waals surface area contributed by atoms with E-state index in [1.165, 1.54) is 5.56 Å². The van der Waals surface area contributed by atoms with Crippen molar-refractivity contribution in [1.82, 2.24) is 5.32 Å². The summed E-state index contributed by atoms with van der Waals surface area (Å²) in [7, 11) is 0. The number of amides is 1. The van der Waals surface area contributed by atoms with E-state index in [2.05, 4.69) is 24.4 Å². The van der Waals surface area contributed by atoms with Gasteiger partial charge in [0.2, 0.25) is 5.91 Å². The fourth-order valence-electron chi connectivity index (χ4n) is 2.76. The SMILES string of the molecule is CC(CNC(=O)CCc1ccc(-c2ccccc2)o1)c1ccccc1. The van der Waals surface area contributed by atoms with E-state index in [-0.39, 0.29) is 5.91 Å². The van der Waals surface area contributed by atoms with E-state index in [4.69, 9.17) is 4.42 Å². The fraction of sp³-hybridized carbons (Fsp3) is 0.227. The molecule has 128 valence electrons. The minimum atomic E-state index is 0.0560. The summed E-state index contributed by atoms with van der Waals surface area (Å²) in [6.45, 7) is 2.77. The van der Waals surface area contributed by atoms with Crippen molar-refractivity contribution < 1.29 is 9.21 Å². The molecule has 0 aliphatic carbocycles. The molecule has 0 spiro atoms. The Morgan fingerprint density at radius 2 is 1.64 bits per heavy atom. The molecule has 1 atom stereocenters. The van der Waals surface area contributed by atoms with Gasteiger partial charge in [-0.1, -0.05) is 67.6 Å². The van der Waals surface area contributed by atoms with Gasteiger partial charge in [-0.25, -0.2) is 0 Å². The summed E-state index contributed by atoms with van der Waals surface area (Å²) in [6.07, 6.45) is 1.04. The Balaban J connectivity index is 1.46. The maximum absolute atomic E-state index is 12.1. The van der Waals surface area contributed by atoms with Gasteiger partial charge in [0.05, 0.1) is 0 Å². The average Bonchev–Trinajstić information content (AvgIpc) is 3.15. The molecular weight excluding hydrogens is 310 g/mol. The zero-order chi connectivity index (χ0) is 17.5. The number of hydrogen-bond acceptors (Lipinski definition) is 2. The summed E-state index contributed by atoms with van der Waals surface area (Å²) in [4.78, 5) is 12.1. The highest BCUT2D eigenvalue weighted by molar-refractivity contribution is 5.76. The van der Waals surface area contributed by atoms with Crippen LogP contribution < -0.4 is 5.32 Å². The molecule has 25 heavy (non-hydrogen) atoms. The highest BCUT2D eigenvalue weighted by Crippen LogP contribution is 2.22. The highest BCUT2D eigenvalue weighted by Gasteiger charge is 2.09. The second-order valence-electron chi connectivity index (χ2n) is 6.25. The molecule has 1 N–H and O–H groups in total. The standard InChI is InChI=1S/C22H23NO2/c1-17(18-8-4-2-5-9-18)16-23-22(24)15-13-20-12-14-21(25-20)19-10-6-3-7-11-19/h2-12,14,17H,13,15-16H2,1H3,(H,23,24). The van der Waals surface area contributed by atoms with Crippen LogP contribution >= 0.6 is 0 Å². The van der Waals surface area contributed by atoms with Crippen molar-refractivity contribution in [3.05, 3.63) is 84.1 Å². The summed E-state index contributed by atoms with van der Waals surface area (Å²) in [5, 5.41) is 3.01. The lowest BCUT2D eigenvalue weighted by atomic mass is 10.0. The number of hydrogen-bond donors (Lipinski definition) is 1. The fourth-order valence-corrected chi connectivity index (χ4v) is 2.76. The van der Waals surface area contributed by atoms with Crippen LogP contribution in [0.5, 0.6) is 0 Å². The predicted octanol–water partition coefficient (Wildman–Crippen LogP) is 4.80. The Bertz CT molecular complexity index is 793. The Morgan fingerprint density at radius 1 is 0.960 bits per heavy atom. The topological polar surface area (TPSA) is 42.2 Å². The normalized spacial score (nSPS) is 11.9. The predicted molar refractivity (Wildman–Crippen MR) is 100 cm³/mol. The monoisotopic (exact) mass is 333 g/mol. The summed E-state index contributed by atoms with van der Waals surface area (Å²) >= 11 is 0. The Hall–Kier alpha value is -2.81. The molecule has 3 nitrogen and oxygen atoms in total. The van der Waals surface area contributed by atoms with Gasteiger partial charge in [0, 0.05) is 24.9 Å². The van der Waals surface area contributed by atoms with Crippen molar-refractivity contribution in [1.29, 1.82) is 0 Å². The van der Waals surface area contributed by atoms with Crippen LogP contribution in [0.4, 0.5) is 0 Å². The van der Waals surface area contributed by atoms with E-state index < -0.39 is 0 Å². The number of carbonyl (C=O) groups is 1. The van der Waals surface area contributed by atoms with Crippen molar-refractivity contribution in [2.45, 2.75) is 25.7 Å². The molecule has 1 aromatic heterocycles. The molecule has 1 amide bonds. The molecule has 1 unspecified atom stereocenters. The van der Waals surface area contributed by atoms with Crippen LogP contribution in [0.25, 0.3) is 11.3 Å². The molecule has 0 aliphatic rings. The number of furan rings is 1. The van der Waals surface area contributed by atoms with Gasteiger partial charge in [-0.15, -0.1) is 0 Å². The van der Waals surface area contributed by atoms with Crippen LogP contribution in [0.15, 0.2) is 77.2 Å². The Labute approximate surface area is 148 Å². The molecule has 2 aromatic carbocycles. The summed E-state index contributed by atoms with van der Waals surface area (Å²) in [5.74, 6) is 2.04. The zero-order valence-corrected chi connectivity index (χ0v) is 14.4.